The molecule has 0 unspecified atom stereocenters. The van der Waals surface area contributed by atoms with Crippen LogP contribution >= 0.6 is 11.3 Å². The van der Waals surface area contributed by atoms with E-state index >= 15 is 0 Å². The van der Waals surface area contributed by atoms with E-state index in [1.165, 1.54) is 17.4 Å². The zero-order chi connectivity index (χ0) is 14.7. The lowest BCUT2D eigenvalue weighted by Gasteiger charge is -2.18. The van der Waals surface area contributed by atoms with Crippen LogP contribution in [0, 0.1) is 0 Å². The van der Waals surface area contributed by atoms with Crippen molar-refractivity contribution >= 4 is 39.4 Å². The molecule has 0 radical (unpaired) electrons. The smallest absolute Gasteiger partial charge is 0.323 e. The van der Waals surface area contributed by atoms with Crippen LogP contribution in [-0.2, 0) is 9.59 Å². The van der Waals surface area contributed by atoms with Crippen molar-refractivity contribution in [3.8, 4) is 0 Å². The molecule has 0 aliphatic heterocycles. The van der Waals surface area contributed by atoms with Crippen molar-refractivity contribution in [3.63, 3.8) is 0 Å². The predicted octanol–water partition coefficient (Wildman–Crippen LogP) is 0.908. The molecule has 0 aliphatic carbocycles. The number of hydrogen-bond acceptors (Lipinski definition) is 5. The summed E-state index contributed by atoms with van der Waals surface area (Å²) < 4.78 is 0.779. The van der Waals surface area contributed by atoms with Crippen LogP contribution in [0.5, 0.6) is 0 Å². The largest absolute Gasteiger partial charge is 0.480 e. The first-order valence-electron chi connectivity index (χ1n) is 5.53. The third-order valence-electron chi connectivity index (χ3n) is 2.52. The lowest BCUT2D eigenvalue weighted by Crippen LogP contribution is -2.39. The van der Waals surface area contributed by atoms with E-state index in [9.17, 15) is 14.4 Å². The molecule has 2 aromatic rings. The summed E-state index contributed by atoms with van der Waals surface area (Å²) >= 11 is 1.34. The van der Waals surface area contributed by atoms with Crippen LogP contribution in [-0.4, -0.2) is 51.0 Å². The zero-order valence-electron chi connectivity index (χ0n) is 10.1. The molecule has 0 fully saturated rings. The Morgan fingerprint density at radius 2 is 1.80 bits per heavy atom. The molecule has 20 heavy (non-hydrogen) atoms. The van der Waals surface area contributed by atoms with Crippen molar-refractivity contribution in [2.45, 2.75) is 0 Å². The Labute approximate surface area is 117 Å². The number of carbonyl (C=O) groups excluding carboxylic acids is 1. The van der Waals surface area contributed by atoms with Crippen molar-refractivity contribution in [3.05, 3.63) is 29.3 Å². The predicted molar refractivity (Wildman–Crippen MR) is 70.8 cm³/mol. The number of aliphatic carboxylic acids is 2. The van der Waals surface area contributed by atoms with E-state index in [0.29, 0.717) is 0 Å². The number of fused-ring (bicyclic) bond motifs is 1. The molecule has 1 aromatic heterocycles. The molecule has 8 heteroatoms. The summed E-state index contributed by atoms with van der Waals surface area (Å²) in [6, 6.07) is 4.71. The summed E-state index contributed by atoms with van der Waals surface area (Å²) in [5.41, 5.74) is 2.60. The highest BCUT2D eigenvalue weighted by molar-refractivity contribution is 7.16. The molecule has 1 heterocycles. The molecule has 0 spiro atoms. The molecule has 0 saturated carbocycles. The highest BCUT2D eigenvalue weighted by Crippen LogP contribution is 2.20. The van der Waals surface area contributed by atoms with Crippen LogP contribution in [0.3, 0.4) is 0 Å². The molecule has 7 nitrogen and oxygen atoms in total. The first-order valence-corrected chi connectivity index (χ1v) is 6.41. The highest BCUT2D eigenvalue weighted by Gasteiger charge is 2.21. The number of rotatable bonds is 5. The van der Waals surface area contributed by atoms with Crippen molar-refractivity contribution in [2.24, 2.45) is 0 Å². The SMILES string of the molecule is O=C(O)CN(CC(=O)O)C(=O)c1ccc2ncsc2c1. The fourth-order valence-corrected chi connectivity index (χ4v) is 2.41. The average molecular weight is 294 g/mol. The van der Waals surface area contributed by atoms with E-state index in [-0.39, 0.29) is 5.56 Å². The molecule has 1 aromatic carbocycles. The molecule has 0 atom stereocenters. The van der Waals surface area contributed by atoms with E-state index in [4.69, 9.17) is 10.2 Å². The van der Waals surface area contributed by atoms with Crippen LogP contribution < -0.4 is 0 Å². The second kappa shape index (κ2) is 5.66. The van der Waals surface area contributed by atoms with E-state index < -0.39 is 30.9 Å². The van der Waals surface area contributed by atoms with Crippen molar-refractivity contribution in [1.82, 2.24) is 9.88 Å². The molecule has 1 amide bonds. The summed E-state index contributed by atoms with van der Waals surface area (Å²) in [7, 11) is 0. The van der Waals surface area contributed by atoms with Gasteiger partial charge in [-0.15, -0.1) is 11.3 Å². The van der Waals surface area contributed by atoms with E-state index in [0.717, 1.165) is 15.1 Å². The fraction of sp³-hybridized carbons (Fsp3) is 0.167. The standard InChI is InChI=1S/C12H10N2O5S/c15-10(16)4-14(5-11(17)18)12(19)7-1-2-8-9(3-7)20-6-13-8/h1-3,6H,4-5H2,(H,15,16)(H,17,18). The Morgan fingerprint density at radius 3 is 2.40 bits per heavy atom. The van der Waals surface area contributed by atoms with E-state index in [1.54, 1.807) is 17.6 Å². The minimum atomic E-state index is -1.27. The maximum absolute atomic E-state index is 12.2. The number of carbonyl (C=O) groups is 3. The Morgan fingerprint density at radius 1 is 1.15 bits per heavy atom. The van der Waals surface area contributed by atoms with Crippen molar-refractivity contribution in [2.75, 3.05) is 13.1 Å². The van der Waals surface area contributed by atoms with Gasteiger partial charge in [0.15, 0.2) is 0 Å². The molecule has 2 rings (SSSR count). The first-order chi connectivity index (χ1) is 9.47. The summed E-state index contributed by atoms with van der Waals surface area (Å²) in [6.07, 6.45) is 0. The number of benzene rings is 1. The Balaban J connectivity index is 2.29. The maximum atomic E-state index is 12.2. The molecular weight excluding hydrogens is 284 g/mol. The van der Waals surface area contributed by atoms with Crippen LogP contribution in [0.15, 0.2) is 23.7 Å². The molecule has 104 valence electrons. The monoisotopic (exact) mass is 294 g/mol. The maximum Gasteiger partial charge on any atom is 0.323 e. The van der Waals surface area contributed by atoms with E-state index in [1.807, 2.05) is 0 Å². The van der Waals surface area contributed by atoms with Crippen LogP contribution in [0.2, 0.25) is 0 Å². The normalized spacial score (nSPS) is 10.4. The topological polar surface area (TPSA) is 108 Å². The molecular formula is C12H10N2O5S. The number of aromatic nitrogens is 1. The van der Waals surface area contributed by atoms with Gasteiger partial charge in [-0.05, 0) is 18.2 Å². The molecule has 0 saturated heterocycles. The summed E-state index contributed by atoms with van der Waals surface area (Å²) in [5, 5.41) is 17.5. The van der Waals surface area contributed by atoms with Gasteiger partial charge < -0.3 is 15.1 Å². The van der Waals surface area contributed by atoms with Crippen LogP contribution in [0.1, 0.15) is 10.4 Å². The number of thiazole rings is 1. The Kier molecular flexibility index (Phi) is 3.94. The third-order valence-corrected chi connectivity index (χ3v) is 3.31. The quantitative estimate of drug-likeness (QED) is 0.848. The van der Waals surface area contributed by atoms with Crippen LogP contribution in [0.4, 0.5) is 0 Å². The molecule has 0 bridgehead atoms. The van der Waals surface area contributed by atoms with Gasteiger partial charge in [-0.25, -0.2) is 4.98 Å². The second-order valence-electron chi connectivity index (χ2n) is 3.98. The van der Waals surface area contributed by atoms with Crippen molar-refractivity contribution in [1.29, 1.82) is 0 Å². The molecule has 0 aliphatic rings. The highest BCUT2D eigenvalue weighted by atomic mass is 32.1. The van der Waals surface area contributed by atoms with E-state index in [2.05, 4.69) is 4.98 Å². The first kappa shape index (κ1) is 13.9. The third kappa shape index (κ3) is 3.09. The van der Waals surface area contributed by atoms with Gasteiger partial charge in [0.1, 0.15) is 13.1 Å². The summed E-state index contributed by atoms with van der Waals surface area (Å²) in [5.74, 6) is -3.16. The molecule has 2 N–H and O–H groups in total. The second-order valence-corrected chi connectivity index (χ2v) is 4.87. The Bertz CT molecular complexity index is 665. The van der Waals surface area contributed by atoms with Gasteiger partial charge in [0.25, 0.3) is 5.91 Å². The van der Waals surface area contributed by atoms with Gasteiger partial charge in [0.05, 0.1) is 15.7 Å². The lowest BCUT2D eigenvalue weighted by molar-refractivity contribution is -0.140. The van der Waals surface area contributed by atoms with Gasteiger partial charge in [0.2, 0.25) is 0 Å². The lowest BCUT2D eigenvalue weighted by atomic mass is 10.2. The summed E-state index contributed by atoms with van der Waals surface area (Å²) in [6.45, 7) is -1.32. The number of carboxylic acids is 2. The van der Waals surface area contributed by atoms with Gasteiger partial charge in [0, 0.05) is 5.56 Å². The van der Waals surface area contributed by atoms with Gasteiger partial charge in [-0.1, -0.05) is 0 Å². The fourth-order valence-electron chi connectivity index (χ4n) is 1.70. The summed E-state index contributed by atoms with van der Waals surface area (Å²) in [4.78, 5) is 38.4. The number of hydrogen-bond donors (Lipinski definition) is 2. The number of carboxylic acid groups (broad SMARTS) is 2. The van der Waals surface area contributed by atoms with Crippen molar-refractivity contribution < 1.29 is 24.6 Å². The zero-order valence-corrected chi connectivity index (χ0v) is 11.0. The van der Waals surface area contributed by atoms with Crippen LogP contribution in [0.25, 0.3) is 10.2 Å². The van der Waals surface area contributed by atoms with Gasteiger partial charge >= 0.3 is 11.9 Å². The minimum absolute atomic E-state index is 0.240. The van der Waals surface area contributed by atoms with Gasteiger partial charge in [-0.3, -0.25) is 14.4 Å². The number of amides is 1. The minimum Gasteiger partial charge on any atom is -0.480 e. The Hall–Kier alpha value is -2.48. The number of nitrogens with zero attached hydrogens (tertiary/aromatic N) is 2. The van der Waals surface area contributed by atoms with Gasteiger partial charge in [-0.2, -0.15) is 0 Å². The average Bonchev–Trinajstić information content (AvgIpc) is 2.83.